The quantitative estimate of drug-likeness (QED) is 0.248. The molecule has 2 unspecified atom stereocenters. The summed E-state index contributed by atoms with van der Waals surface area (Å²) in [6.07, 6.45) is -18.0. The molecule has 2 bridgehead atoms. The number of halogens is 11. The van der Waals surface area contributed by atoms with Crippen LogP contribution >= 0.6 is 11.3 Å². The van der Waals surface area contributed by atoms with Crippen molar-refractivity contribution in [1.29, 1.82) is 0 Å². The minimum absolute atomic E-state index is 0. The van der Waals surface area contributed by atoms with E-state index in [1.165, 1.54) is 24.7 Å². The summed E-state index contributed by atoms with van der Waals surface area (Å²) in [6.45, 7) is 11.4. The van der Waals surface area contributed by atoms with E-state index in [4.69, 9.17) is 0 Å². The minimum Gasteiger partial charge on any atom is -1.00 e. The van der Waals surface area contributed by atoms with Gasteiger partial charge in [-0.15, -0.1) is 11.3 Å². The van der Waals surface area contributed by atoms with Gasteiger partial charge in [0.15, 0.2) is 0 Å². The molecule has 0 amide bonds. The van der Waals surface area contributed by atoms with Crippen molar-refractivity contribution in [2.24, 2.45) is 5.92 Å². The number of alkyl halides is 9. The third-order valence-electron chi connectivity index (χ3n) is 9.09. The van der Waals surface area contributed by atoms with E-state index in [2.05, 4.69) is 31.5 Å². The second-order valence-corrected chi connectivity index (χ2v) is 19.1. The molecule has 3 heterocycles. The maximum atomic E-state index is 13.4. The van der Waals surface area contributed by atoms with Crippen molar-refractivity contribution >= 4 is 30.7 Å². The molecule has 46 heavy (non-hydrogen) atoms. The summed E-state index contributed by atoms with van der Waals surface area (Å²) in [4.78, 5) is 1.63. The van der Waals surface area contributed by atoms with E-state index in [1.807, 2.05) is 37.3 Å². The molecule has 0 radical (unpaired) electrons. The van der Waals surface area contributed by atoms with Gasteiger partial charge in [-0.05, 0) is 29.1 Å². The van der Waals surface area contributed by atoms with Crippen LogP contribution in [-0.4, -0.2) is 26.6 Å². The molecule has 0 N–H and O–H groups in total. The Balaban J connectivity index is 0.000000341. The molecule has 7 rings (SSSR count). The van der Waals surface area contributed by atoms with Gasteiger partial charge in [-0.1, -0.05) is 18.7 Å². The fourth-order valence-electron chi connectivity index (χ4n) is 7.15. The smallest absolute Gasteiger partial charge is 0.0941 e. The van der Waals surface area contributed by atoms with Crippen LogP contribution in [-0.2, 0) is 30.1 Å². The Morgan fingerprint density at radius 1 is 0.783 bits per heavy atom. The topological polar surface area (TPSA) is 0 Å². The molecule has 2 aliphatic heterocycles. The van der Waals surface area contributed by atoms with Gasteiger partial charge in [0.25, 0.3) is 0 Å². The molecular weight excluding hydrogens is 778 g/mol. The second kappa shape index (κ2) is 12.8. The summed E-state index contributed by atoms with van der Waals surface area (Å²) in [5, 5.41) is 4.02. The van der Waals surface area contributed by atoms with Crippen LogP contribution in [0.15, 0.2) is 65.1 Å². The van der Waals surface area contributed by atoms with Gasteiger partial charge in [0.1, 0.15) is 0 Å². The summed E-state index contributed by atoms with van der Waals surface area (Å²) in [5.74, 6) is 0.230. The van der Waals surface area contributed by atoms with Crippen LogP contribution in [0.2, 0.25) is 13.1 Å². The Bertz CT molecular complexity index is 1630. The fourth-order valence-corrected chi connectivity index (χ4v) is 15.0. The molecule has 2 aliphatic carbocycles. The first-order valence-corrected chi connectivity index (χ1v) is 19.2. The Morgan fingerprint density at radius 3 is 1.78 bits per heavy atom. The molecule has 0 fully saturated rings. The van der Waals surface area contributed by atoms with Crippen LogP contribution in [0.25, 0.3) is 22.4 Å². The first-order valence-electron chi connectivity index (χ1n) is 13.8. The molecule has 4 aliphatic rings. The molecule has 2 aromatic carbocycles. The number of hydrogen-bond acceptors (Lipinski definition) is 1. The van der Waals surface area contributed by atoms with Crippen LogP contribution in [0.5, 0.6) is 0 Å². The Kier molecular flexibility index (Phi) is 10.9. The van der Waals surface area contributed by atoms with Crippen molar-refractivity contribution in [2.75, 3.05) is 0 Å². The van der Waals surface area contributed by atoms with E-state index in [1.54, 1.807) is 33.3 Å². The van der Waals surface area contributed by atoms with E-state index >= 15 is 0 Å². The van der Waals surface area contributed by atoms with Gasteiger partial charge in [0.2, 0.25) is 0 Å². The van der Waals surface area contributed by atoms with Crippen LogP contribution < -0.4 is 24.8 Å². The monoisotopic (exact) mass is 803 g/mol. The molecule has 0 spiro atoms. The van der Waals surface area contributed by atoms with Gasteiger partial charge in [-0.25, -0.2) is 0 Å². The van der Waals surface area contributed by atoms with E-state index in [-0.39, 0.29) is 52.1 Å². The van der Waals surface area contributed by atoms with Crippen molar-refractivity contribution in [3.63, 3.8) is 0 Å². The molecule has 0 saturated carbocycles. The second-order valence-electron chi connectivity index (χ2n) is 12.3. The largest absolute Gasteiger partial charge is 1.00 e. The van der Waals surface area contributed by atoms with Gasteiger partial charge < -0.3 is 24.8 Å². The number of hydrogen-bond donors (Lipinski definition) is 0. The van der Waals surface area contributed by atoms with Crippen molar-refractivity contribution in [1.82, 2.24) is 0 Å². The SMILES string of the molecule is CC(C)C1=Cc2c(-c3ccc(C(C(F)(F)F)(C(F)(F)F)C(F)(F)F)cc3)cccc2[CH]1[Zr+2].CC1=C2c3sccc3C1[Si]2(C)C.[Cl-].[Cl-]. The Labute approximate surface area is 294 Å². The van der Waals surface area contributed by atoms with Crippen molar-refractivity contribution in [3.05, 3.63) is 92.2 Å². The summed E-state index contributed by atoms with van der Waals surface area (Å²) < 4.78 is 121. The Morgan fingerprint density at radius 2 is 1.33 bits per heavy atom. The zero-order valence-electron chi connectivity index (χ0n) is 25.1. The minimum atomic E-state index is -6.63. The predicted octanol–water partition coefficient (Wildman–Crippen LogP) is 5.35. The van der Waals surface area contributed by atoms with Gasteiger partial charge in [-0.2, -0.15) is 0 Å². The normalized spacial score (nSPS) is 19.7. The van der Waals surface area contributed by atoms with Crippen LogP contribution in [0.4, 0.5) is 39.5 Å². The standard InChI is InChI=1S/C22H16F9.C10H12SSi.2ClH.Zr/c1-12(2)15-10-14-4-3-5-17(18(14)11-15)13-6-8-16(9-7-13)19(20(23,24)25,21(26,27)28)22(29,30)31;1-6-9-7-4-5-11-8(7)10(6)12(9,2)3;;;/h3-12H,1-2H3;4-5,9H,1-3H3;2*1H;/q;;;;+2/p-2. The van der Waals surface area contributed by atoms with E-state index in [9.17, 15) is 39.5 Å². The molecule has 1 aromatic heterocycles. The van der Waals surface area contributed by atoms with Gasteiger partial charge in [0.05, 0.1) is 8.07 Å². The molecule has 14 heteroatoms. The fraction of sp³-hybridized carbons (Fsp3) is 0.375. The number of allylic oxidation sites excluding steroid dienone is 2. The predicted molar refractivity (Wildman–Crippen MR) is 154 cm³/mol. The average Bonchev–Trinajstić information content (AvgIpc) is 3.59. The zero-order valence-corrected chi connectivity index (χ0v) is 30.9. The summed E-state index contributed by atoms with van der Waals surface area (Å²) in [5.41, 5.74) is -0.00320. The van der Waals surface area contributed by atoms with Crippen molar-refractivity contribution in [2.45, 2.75) is 67.0 Å². The van der Waals surface area contributed by atoms with Gasteiger partial charge >= 0.3 is 193 Å². The van der Waals surface area contributed by atoms with Gasteiger partial charge in [0, 0.05) is 10.4 Å². The summed E-state index contributed by atoms with van der Waals surface area (Å²) in [7, 11) is -0.972. The van der Waals surface area contributed by atoms with Crippen LogP contribution in [0, 0.1) is 5.92 Å². The number of thiophene rings is 1. The first-order chi connectivity index (χ1) is 20.2. The zero-order chi connectivity index (χ0) is 32.8. The maximum absolute atomic E-state index is 13.4. The molecule has 3 aromatic rings. The number of fused-ring (bicyclic) bond motifs is 1. The first kappa shape index (κ1) is 39.1. The van der Waals surface area contributed by atoms with E-state index in [0.29, 0.717) is 5.56 Å². The number of benzene rings is 2. The summed E-state index contributed by atoms with van der Waals surface area (Å²) in [6, 6.07) is 9.86. The van der Waals surface area contributed by atoms with Gasteiger partial charge in [-0.3, -0.25) is 0 Å². The van der Waals surface area contributed by atoms with Crippen molar-refractivity contribution < 1.29 is 89.0 Å². The van der Waals surface area contributed by atoms with Crippen LogP contribution in [0.3, 0.4) is 0 Å². The number of rotatable bonds is 3. The van der Waals surface area contributed by atoms with E-state index in [0.717, 1.165) is 34.4 Å². The molecule has 247 valence electrons. The van der Waals surface area contributed by atoms with E-state index < -0.39 is 37.6 Å². The van der Waals surface area contributed by atoms with Crippen LogP contribution in [0.1, 0.15) is 57.1 Å². The Hall–Kier alpha value is -1.33. The third-order valence-corrected chi connectivity index (χ3v) is 15.9. The average molecular weight is 806 g/mol. The maximum Gasteiger partial charge on any atom is 0.0941 e. The molecular formula is C32H28Cl2F9SSiZr. The van der Waals surface area contributed by atoms with Crippen molar-refractivity contribution in [3.8, 4) is 11.1 Å². The summed E-state index contributed by atoms with van der Waals surface area (Å²) >= 11 is 3.16. The molecule has 2 atom stereocenters. The molecule has 0 nitrogen and oxygen atoms in total. The third kappa shape index (κ3) is 5.73. The molecule has 0 saturated heterocycles.